The summed E-state index contributed by atoms with van der Waals surface area (Å²) in [6, 6.07) is 0.0450. The summed E-state index contributed by atoms with van der Waals surface area (Å²) in [5.74, 6) is 0.793. The quantitative estimate of drug-likeness (QED) is 0.882. The molecule has 0 aliphatic carbocycles. The molecule has 0 aliphatic rings. The number of hydrogen-bond donors (Lipinski definition) is 1. The lowest BCUT2D eigenvalue weighted by molar-refractivity contribution is 0.365. The van der Waals surface area contributed by atoms with E-state index in [0.717, 1.165) is 35.1 Å². The molecular weight excluding hydrogens is 260 g/mol. The third-order valence-electron chi connectivity index (χ3n) is 2.99. The number of ether oxygens (including phenoxy) is 1. The zero-order valence-electron chi connectivity index (χ0n) is 11.8. The van der Waals surface area contributed by atoms with Gasteiger partial charge in [0, 0.05) is 18.6 Å². The molecule has 5 nitrogen and oxygen atoms in total. The average molecular weight is 280 g/mol. The van der Waals surface area contributed by atoms with Gasteiger partial charge >= 0.3 is 0 Å². The van der Waals surface area contributed by atoms with E-state index in [1.807, 2.05) is 25.5 Å². The molecule has 1 unspecified atom stereocenters. The van der Waals surface area contributed by atoms with Crippen LogP contribution in [0.3, 0.4) is 0 Å². The molecule has 2 aromatic rings. The molecule has 0 amide bonds. The van der Waals surface area contributed by atoms with Crippen LogP contribution in [-0.4, -0.2) is 28.4 Å². The van der Waals surface area contributed by atoms with E-state index in [9.17, 15) is 0 Å². The van der Waals surface area contributed by atoms with Crippen LogP contribution in [0, 0.1) is 6.92 Å². The van der Waals surface area contributed by atoms with Gasteiger partial charge < -0.3 is 10.1 Å². The number of aromatic nitrogens is 3. The first-order chi connectivity index (χ1) is 9.19. The summed E-state index contributed by atoms with van der Waals surface area (Å²) in [6.07, 6.45) is 2.91. The number of thiazole rings is 1. The van der Waals surface area contributed by atoms with Crippen LogP contribution in [0.2, 0.25) is 0 Å². The molecule has 0 fully saturated rings. The Morgan fingerprint density at radius 2 is 2.32 bits per heavy atom. The zero-order chi connectivity index (χ0) is 13.8. The lowest BCUT2D eigenvalue weighted by Crippen LogP contribution is -2.24. The first kappa shape index (κ1) is 14.0. The summed E-state index contributed by atoms with van der Waals surface area (Å²) in [5, 5.41) is 11.0. The van der Waals surface area contributed by atoms with Crippen LogP contribution in [0.5, 0.6) is 5.88 Å². The van der Waals surface area contributed by atoms with Crippen LogP contribution >= 0.6 is 11.3 Å². The molecule has 2 heterocycles. The van der Waals surface area contributed by atoms with Crippen molar-refractivity contribution in [3.05, 3.63) is 27.8 Å². The van der Waals surface area contributed by atoms with Crippen molar-refractivity contribution in [3.8, 4) is 5.88 Å². The molecule has 1 atom stereocenters. The highest BCUT2D eigenvalue weighted by molar-refractivity contribution is 7.09. The maximum Gasteiger partial charge on any atom is 0.216 e. The highest BCUT2D eigenvalue weighted by Gasteiger charge is 2.25. The van der Waals surface area contributed by atoms with Crippen molar-refractivity contribution in [1.29, 1.82) is 0 Å². The monoisotopic (exact) mass is 280 g/mol. The lowest BCUT2D eigenvalue weighted by Gasteiger charge is -2.17. The minimum absolute atomic E-state index is 0.0450. The van der Waals surface area contributed by atoms with Gasteiger partial charge in [-0.05, 0) is 19.9 Å². The molecule has 6 heteroatoms. The molecule has 0 saturated heterocycles. The van der Waals surface area contributed by atoms with Gasteiger partial charge in [-0.15, -0.1) is 11.3 Å². The van der Waals surface area contributed by atoms with Gasteiger partial charge in [-0.1, -0.05) is 6.92 Å². The SMILES string of the molecule is CCCNC(c1nccs1)c1c(C)nn(C)c1OC. The number of aryl methyl sites for hydroxylation is 2. The van der Waals surface area contributed by atoms with E-state index in [1.165, 1.54) is 0 Å². The second-order valence-corrected chi connectivity index (χ2v) is 5.32. The van der Waals surface area contributed by atoms with Crippen molar-refractivity contribution in [2.45, 2.75) is 26.3 Å². The van der Waals surface area contributed by atoms with E-state index >= 15 is 0 Å². The van der Waals surface area contributed by atoms with E-state index in [1.54, 1.807) is 23.1 Å². The second kappa shape index (κ2) is 6.16. The van der Waals surface area contributed by atoms with Gasteiger partial charge in [0.1, 0.15) is 5.01 Å². The van der Waals surface area contributed by atoms with Crippen molar-refractivity contribution >= 4 is 11.3 Å². The van der Waals surface area contributed by atoms with Gasteiger partial charge in [0.05, 0.1) is 24.4 Å². The van der Waals surface area contributed by atoms with Gasteiger partial charge in [-0.25, -0.2) is 9.67 Å². The third-order valence-corrected chi connectivity index (χ3v) is 3.83. The first-order valence-corrected chi connectivity index (χ1v) is 7.27. The van der Waals surface area contributed by atoms with Crippen LogP contribution in [-0.2, 0) is 7.05 Å². The predicted octanol–water partition coefficient (Wildman–Crippen LogP) is 2.28. The fraction of sp³-hybridized carbons (Fsp3) is 0.538. The maximum absolute atomic E-state index is 5.49. The van der Waals surface area contributed by atoms with Crippen molar-refractivity contribution in [2.75, 3.05) is 13.7 Å². The Morgan fingerprint density at radius 3 is 2.89 bits per heavy atom. The number of methoxy groups -OCH3 is 1. The normalized spacial score (nSPS) is 12.6. The average Bonchev–Trinajstić information content (AvgIpc) is 2.99. The number of nitrogens with one attached hydrogen (secondary N) is 1. The van der Waals surface area contributed by atoms with Crippen LogP contribution in [0.25, 0.3) is 0 Å². The molecule has 1 N–H and O–H groups in total. The fourth-order valence-corrected chi connectivity index (χ4v) is 2.93. The van der Waals surface area contributed by atoms with Gasteiger partial charge in [-0.3, -0.25) is 0 Å². The van der Waals surface area contributed by atoms with E-state index in [0.29, 0.717) is 0 Å². The highest BCUT2D eigenvalue weighted by Crippen LogP contribution is 2.33. The molecule has 0 aromatic carbocycles. The fourth-order valence-electron chi connectivity index (χ4n) is 2.21. The maximum atomic E-state index is 5.49. The zero-order valence-corrected chi connectivity index (χ0v) is 12.6. The molecule has 0 bridgehead atoms. The summed E-state index contributed by atoms with van der Waals surface area (Å²) >= 11 is 1.65. The molecule has 19 heavy (non-hydrogen) atoms. The van der Waals surface area contributed by atoms with E-state index in [-0.39, 0.29) is 6.04 Å². The Bertz CT molecular complexity index is 521. The molecule has 2 aromatic heterocycles. The number of rotatable bonds is 6. The Morgan fingerprint density at radius 1 is 1.53 bits per heavy atom. The second-order valence-electron chi connectivity index (χ2n) is 4.39. The molecule has 2 rings (SSSR count). The van der Waals surface area contributed by atoms with Crippen molar-refractivity contribution < 1.29 is 4.74 Å². The van der Waals surface area contributed by atoms with Crippen LogP contribution in [0.4, 0.5) is 0 Å². The van der Waals surface area contributed by atoms with E-state index in [4.69, 9.17) is 4.74 Å². The third kappa shape index (κ3) is 2.79. The molecule has 0 aliphatic heterocycles. The predicted molar refractivity (Wildman–Crippen MR) is 76.7 cm³/mol. The summed E-state index contributed by atoms with van der Waals surface area (Å²) in [7, 11) is 3.58. The minimum atomic E-state index is 0.0450. The van der Waals surface area contributed by atoms with Gasteiger partial charge in [0.2, 0.25) is 5.88 Å². The van der Waals surface area contributed by atoms with E-state index in [2.05, 4.69) is 22.3 Å². The Hall–Kier alpha value is -1.40. The number of nitrogens with zero attached hydrogens (tertiary/aromatic N) is 3. The summed E-state index contributed by atoms with van der Waals surface area (Å²) in [5.41, 5.74) is 2.05. The topological polar surface area (TPSA) is 52.0 Å². The standard InChI is InChI=1S/C13H20N4OS/c1-5-6-14-11(12-15-7-8-19-12)10-9(2)16-17(3)13(10)18-4/h7-8,11,14H,5-6H2,1-4H3. The van der Waals surface area contributed by atoms with Gasteiger partial charge in [0.25, 0.3) is 0 Å². The molecular formula is C13H20N4OS. The summed E-state index contributed by atoms with van der Waals surface area (Å²) in [6.45, 7) is 5.09. The molecule has 0 saturated carbocycles. The van der Waals surface area contributed by atoms with Crippen molar-refractivity contribution in [3.63, 3.8) is 0 Å². The summed E-state index contributed by atoms with van der Waals surface area (Å²) < 4.78 is 7.27. The van der Waals surface area contributed by atoms with Gasteiger partial charge in [0.15, 0.2) is 0 Å². The Kier molecular flexibility index (Phi) is 4.55. The lowest BCUT2D eigenvalue weighted by atomic mass is 10.1. The first-order valence-electron chi connectivity index (χ1n) is 6.39. The Balaban J connectivity index is 2.43. The van der Waals surface area contributed by atoms with E-state index < -0.39 is 0 Å². The largest absolute Gasteiger partial charge is 0.481 e. The van der Waals surface area contributed by atoms with Crippen LogP contribution in [0.1, 0.15) is 35.7 Å². The minimum Gasteiger partial charge on any atom is -0.481 e. The Labute approximate surface area is 117 Å². The van der Waals surface area contributed by atoms with Crippen molar-refractivity contribution in [2.24, 2.45) is 7.05 Å². The van der Waals surface area contributed by atoms with Crippen LogP contribution in [0.15, 0.2) is 11.6 Å². The summed E-state index contributed by atoms with van der Waals surface area (Å²) in [4.78, 5) is 4.44. The number of hydrogen-bond acceptors (Lipinski definition) is 5. The smallest absolute Gasteiger partial charge is 0.216 e. The van der Waals surface area contributed by atoms with Crippen LogP contribution < -0.4 is 10.1 Å². The van der Waals surface area contributed by atoms with Gasteiger partial charge in [-0.2, -0.15) is 5.10 Å². The molecule has 0 radical (unpaired) electrons. The van der Waals surface area contributed by atoms with Crippen molar-refractivity contribution in [1.82, 2.24) is 20.1 Å². The molecule has 104 valence electrons. The molecule has 0 spiro atoms. The highest BCUT2D eigenvalue weighted by atomic mass is 32.1.